The number of anilines is 1. The van der Waals surface area contributed by atoms with Crippen LogP contribution in [-0.4, -0.2) is 61.7 Å². The highest BCUT2D eigenvalue weighted by molar-refractivity contribution is 5.77. The maximum Gasteiger partial charge on any atom is 0.277 e. The lowest BCUT2D eigenvalue weighted by molar-refractivity contribution is -0.892. The van der Waals surface area contributed by atoms with Gasteiger partial charge in [-0.2, -0.15) is 0 Å². The number of aromatic hydroxyl groups is 1. The number of fused-ring (bicyclic) bond motifs is 1. The molecule has 3 aliphatic rings. The van der Waals surface area contributed by atoms with Crippen LogP contribution < -0.4 is 9.80 Å². The Balaban J connectivity index is 1.25. The van der Waals surface area contributed by atoms with Crippen molar-refractivity contribution in [3.05, 3.63) is 24.3 Å². The number of hydrogen-bond donors (Lipinski definition) is 2. The van der Waals surface area contributed by atoms with E-state index in [-0.39, 0.29) is 0 Å². The predicted octanol–water partition coefficient (Wildman–Crippen LogP) is 1.14. The van der Waals surface area contributed by atoms with Crippen LogP contribution in [0.5, 0.6) is 5.75 Å². The van der Waals surface area contributed by atoms with Crippen molar-refractivity contribution in [1.82, 2.24) is 4.90 Å². The number of carbonyl (C=O) groups excluding carboxylic acids is 1. The van der Waals surface area contributed by atoms with Crippen LogP contribution in [0.1, 0.15) is 32.1 Å². The third kappa shape index (κ3) is 3.98. The molecule has 1 saturated carbocycles. The molecule has 0 unspecified atom stereocenters. The molecule has 0 aromatic heterocycles. The van der Waals surface area contributed by atoms with Gasteiger partial charge in [0, 0.05) is 18.8 Å². The Hall–Kier alpha value is -1.75. The van der Waals surface area contributed by atoms with E-state index in [0.717, 1.165) is 56.8 Å². The Morgan fingerprint density at radius 1 is 1.00 bits per heavy atom. The summed E-state index contributed by atoms with van der Waals surface area (Å²) in [5.41, 5.74) is 1.16. The van der Waals surface area contributed by atoms with Crippen LogP contribution >= 0.6 is 0 Å². The largest absolute Gasteiger partial charge is 0.508 e. The monoisotopic (exact) mass is 358 g/mol. The predicted molar refractivity (Wildman–Crippen MR) is 103 cm³/mol. The van der Waals surface area contributed by atoms with E-state index in [1.807, 2.05) is 12.1 Å². The summed E-state index contributed by atoms with van der Waals surface area (Å²) in [6.45, 7) is 6.60. The summed E-state index contributed by atoms with van der Waals surface area (Å²) in [5.74, 6) is 2.32. The normalized spacial score (nSPS) is 27.2. The molecule has 4 rings (SSSR count). The zero-order chi connectivity index (χ0) is 17.9. The number of piperidine rings is 1. The first-order valence-corrected chi connectivity index (χ1v) is 10.3. The van der Waals surface area contributed by atoms with Gasteiger partial charge in [-0.05, 0) is 48.9 Å². The number of phenolic OH excluding ortho intramolecular Hbond substituents is 1. The summed E-state index contributed by atoms with van der Waals surface area (Å²) in [5, 5.41) is 9.43. The lowest BCUT2D eigenvalue weighted by Crippen LogP contribution is -3.16. The molecule has 1 amide bonds. The van der Waals surface area contributed by atoms with Crippen molar-refractivity contribution in [3.63, 3.8) is 0 Å². The minimum Gasteiger partial charge on any atom is -0.508 e. The fourth-order valence-corrected chi connectivity index (χ4v) is 5.07. The van der Waals surface area contributed by atoms with Crippen molar-refractivity contribution in [3.8, 4) is 5.75 Å². The first-order valence-electron chi connectivity index (χ1n) is 10.3. The molecule has 2 heterocycles. The van der Waals surface area contributed by atoms with Crippen molar-refractivity contribution in [2.75, 3.05) is 50.7 Å². The van der Waals surface area contributed by atoms with Gasteiger partial charge in [0.15, 0.2) is 6.54 Å². The lowest BCUT2D eigenvalue weighted by Gasteiger charge is -2.41. The average Bonchev–Trinajstić information content (AvgIpc) is 2.69. The van der Waals surface area contributed by atoms with Crippen molar-refractivity contribution >= 4 is 11.6 Å². The Morgan fingerprint density at radius 2 is 1.69 bits per heavy atom. The Kier molecular flexibility index (Phi) is 5.34. The van der Waals surface area contributed by atoms with Gasteiger partial charge in [0.05, 0.1) is 26.2 Å². The molecule has 1 aromatic rings. The number of rotatable bonds is 3. The van der Waals surface area contributed by atoms with Gasteiger partial charge in [0.2, 0.25) is 0 Å². The minimum absolute atomic E-state index is 0.311. The number of quaternary nitrogens is 1. The molecule has 0 radical (unpaired) electrons. The van der Waals surface area contributed by atoms with Crippen LogP contribution in [0, 0.1) is 11.8 Å². The topological polar surface area (TPSA) is 48.2 Å². The van der Waals surface area contributed by atoms with Crippen LogP contribution in [0.3, 0.4) is 0 Å². The van der Waals surface area contributed by atoms with Crippen molar-refractivity contribution < 1.29 is 14.8 Å². The highest BCUT2D eigenvalue weighted by Gasteiger charge is 2.34. The minimum atomic E-state index is 0.311. The molecule has 1 aromatic carbocycles. The quantitative estimate of drug-likeness (QED) is 0.852. The highest BCUT2D eigenvalue weighted by atomic mass is 16.3. The number of carbonyl (C=O) groups is 1. The van der Waals surface area contributed by atoms with Gasteiger partial charge in [-0.25, -0.2) is 0 Å². The van der Waals surface area contributed by atoms with E-state index < -0.39 is 0 Å². The third-order valence-electron chi connectivity index (χ3n) is 6.73. The van der Waals surface area contributed by atoms with E-state index in [0.29, 0.717) is 18.2 Å². The van der Waals surface area contributed by atoms with Crippen molar-refractivity contribution in [2.24, 2.45) is 11.8 Å². The van der Waals surface area contributed by atoms with Crippen molar-refractivity contribution in [1.29, 1.82) is 0 Å². The zero-order valence-electron chi connectivity index (χ0n) is 15.7. The average molecular weight is 359 g/mol. The lowest BCUT2D eigenvalue weighted by atomic mass is 9.75. The highest BCUT2D eigenvalue weighted by Crippen LogP contribution is 2.35. The molecule has 5 nitrogen and oxygen atoms in total. The third-order valence-corrected chi connectivity index (χ3v) is 6.73. The number of nitrogens with one attached hydrogen (secondary N) is 1. The molecule has 0 bridgehead atoms. The van der Waals surface area contributed by atoms with Gasteiger partial charge in [0.1, 0.15) is 5.75 Å². The fourth-order valence-electron chi connectivity index (χ4n) is 5.07. The molecule has 2 N–H and O–H groups in total. The molecular formula is C21H32N3O2+. The number of likely N-dealkylation sites (tertiary alicyclic amines) is 1. The number of amides is 1. The zero-order valence-corrected chi connectivity index (χ0v) is 15.7. The maximum absolute atomic E-state index is 12.8. The van der Waals surface area contributed by atoms with Crippen LogP contribution in [-0.2, 0) is 4.79 Å². The summed E-state index contributed by atoms with van der Waals surface area (Å²) in [6, 6.07) is 7.43. The second-order valence-corrected chi connectivity index (χ2v) is 8.36. The Labute approximate surface area is 156 Å². The van der Waals surface area contributed by atoms with E-state index >= 15 is 0 Å². The summed E-state index contributed by atoms with van der Waals surface area (Å²) in [6.07, 6.45) is 6.68. The maximum atomic E-state index is 12.8. The number of nitrogens with zero attached hydrogens (tertiary/aromatic N) is 2. The second kappa shape index (κ2) is 7.87. The van der Waals surface area contributed by atoms with Crippen LogP contribution in [0.4, 0.5) is 5.69 Å². The Bertz CT molecular complexity index is 610. The van der Waals surface area contributed by atoms with E-state index in [9.17, 15) is 9.90 Å². The molecule has 142 valence electrons. The smallest absolute Gasteiger partial charge is 0.277 e. The first-order chi connectivity index (χ1) is 12.7. The van der Waals surface area contributed by atoms with Crippen molar-refractivity contribution in [2.45, 2.75) is 32.1 Å². The summed E-state index contributed by atoms with van der Waals surface area (Å²) < 4.78 is 0. The summed E-state index contributed by atoms with van der Waals surface area (Å²) in [7, 11) is 0. The first kappa shape index (κ1) is 17.7. The van der Waals surface area contributed by atoms with Crippen LogP contribution in [0.15, 0.2) is 24.3 Å². The number of phenols is 1. The van der Waals surface area contributed by atoms with Gasteiger partial charge in [-0.3, -0.25) is 4.79 Å². The summed E-state index contributed by atoms with van der Waals surface area (Å²) in [4.78, 5) is 18.7. The van der Waals surface area contributed by atoms with Crippen LogP contribution in [0.2, 0.25) is 0 Å². The summed E-state index contributed by atoms with van der Waals surface area (Å²) >= 11 is 0. The molecule has 2 aliphatic heterocycles. The van der Waals surface area contributed by atoms with E-state index in [2.05, 4.69) is 9.80 Å². The molecule has 5 heteroatoms. The van der Waals surface area contributed by atoms with E-state index in [1.165, 1.54) is 37.0 Å². The molecule has 2 saturated heterocycles. The fraction of sp³-hybridized carbons (Fsp3) is 0.667. The Morgan fingerprint density at radius 3 is 2.42 bits per heavy atom. The molecule has 1 aliphatic carbocycles. The molecular weight excluding hydrogens is 326 g/mol. The van der Waals surface area contributed by atoms with Gasteiger partial charge in [0.25, 0.3) is 5.91 Å². The van der Waals surface area contributed by atoms with E-state index in [4.69, 9.17) is 0 Å². The molecule has 3 fully saturated rings. The number of benzene rings is 1. The van der Waals surface area contributed by atoms with Gasteiger partial charge >= 0.3 is 0 Å². The number of hydrogen-bond acceptors (Lipinski definition) is 3. The SMILES string of the molecule is O=C(C[NH+]1CCN(c2ccc(O)cc2)CC1)N1CC[C@@H]2CCCC[C@@H]2C1. The van der Waals surface area contributed by atoms with Crippen LogP contribution in [0.25, 0.3) is 0 Å². The molecule has 2 atom stereocenters. The second-order valence-electron chi connectivity index (χ2n) is 8.36. The number of piperazine rings is 1. The van der Waals surface area contributed by atoms with Gasteiger partial charge < -0.3 is 19.8 Å². The molecule has 0 spiro atoms. The standard InChI is InChI=1S/C21H31N3O2/c25-20-7-5-19(6-8-20)23-13-11-22(12-14-23)16-21(26)24-10-9-17-3-1-2-4-18(17)15-24/h5-8,17-18,25H,1-4,9-16H2/p+1/t17-,18+/m0/s1. The molecule has 26 heavy (non-hydrogen) atoms. The van der Waals surface area contributed by atoms with Gasteiger partial charge in [-0.1, -0.05) is 19.3 Å². The van der Waals surface area contributed by atoms with Gasteiger partial charge in [-0.15, -0.1) is 0 Å². The van der Waals surface area contributed by atoms with E-state index in [1.54, 1.807) is 12.1 Å².